The topological polar surface area (TPSA) is 58.1 Å². The maximum Gasteiger partial charge on any atom is 0.261 e. The van der Waals surface area contributed by atoms with Gasteiger partial charge in [0, 0.05) is 37.6 Å². The Balaban J connectivity index is 1.53. The number of rotatable bonds is 5. The van der Waals surface area contributed by atoms with Gasteiger partial charge in [0.05, 0.1) is 10.6 Å². The van der Waals surface area contributed by atoms with Crippen LogP contribution in [-0.2, 0) is 6.54 Å². The van der Waals surface area contributed by atoms with E-state index in [0.717, 1.165) is 43.4 Å². The molecule has 0 radical (unpaired) electrons. The van der Waals surface area contributed by atoms with Gasteiger partial charge in [-0.3, -0.25) is 4.79 Å². The fourth-order valence-electron chi connectivity index (χ4n) is 3.28. The molecule has 27 heavy (non-hydrogen) atoms. The van der Waals surface area contributed by atoms with E-state index < -0.39 is 0 Å². The molecule has 2 aromatic heterocycles. The number of thiophene rings is 1. The summed E-state index contributed by atoms with van der Waals surface area (Å²) in [5, 5.41) is 4.08. The minimum atomic E-state index is -0.0421. The molecule has 0 unspecified atom stereocenters. The monoisotopic (exact) mass is 380 g/mol. The highest BCUT2D eigenvalue weighted by molar-refractivity contribution is 7.20. The van der Waals surface area contributed by atoms with Crippen molar-refractivity contribution in [2.75, 3.05) is 19.0 Å². The van der Waals surface area contributed by atoms with Crippen molar-refractivity contribution in [3.05, 3.63) is 51.8 Å². The highest BCUT2D eigenvalue weighted by atomic mass is 32.1. The fraction of sp³-hybridized carbons (Fsp3) is 0.381. The first-order valence-corrected chi connectivity index (χ1v) is 10.1. The summed E-state index contributed by atoms with van der Waals surface area (Å²) in [4.78, 5) is 25.9. The van der Waals surface area contributed by atoms with Crippen LogP contribution < -0.4 is 10.2 Å². The van der Waals surface area contributed by atoms with Gasteiger partial charge in [-0.25, -0.2) is 9.97 Å². The van der Waals surface area contributed by atoms with Crippen LogP contribution >= 0.6 is 11.3 Å². The smallest absolute Gasteiger partial charge is 0.261 e. The average Bonchev–Trinajstić information content (AvgIpc) is 3.44. The number of anilines is 1. The van der Waals surface area contributed by atoms with Crippen molar-refractivity contribution in [2.45, 2.75) is 39.2 Å². The van der Waals surface area contributed by atoms with Gasteiger partial charge < -0.3 is 10.2 Å². The van der Waals surface area contributed by atoms with Crippen LogP contribution in [0.2, 0.25) is 0 Å². The summed E-state index contributed by atoms with van der Waals surface area (Å²) >= 11 is 1.48. The van der Waals surface area contributed by atoms with Crippen LogP contribution in [0.3, 0.4) is 0 Å². The SMILES string of the molecule is Cc1nc(C2CC2)nc2sc(C(=O)NCc3ccc(N(C)C)cc3)c(C)c12. The van der Waals surface area contributed by atoms with Crippen LogP contribution in [0, 0.1) is 13.8 Å². The quantitative estimate of drug-likeness (QED) is 0.721. The molecule has 1 aliphatic carbocycles. The number of amides is 1. The molecule has 2 heterocycles. The van der Waals surface area contributed by atoms with Gasteiger partial charge in [0.2, 0.25) is 0 Å². The molecule has 6 heteroatoms. The molecule has 1 N–H and O–H groups in total. The minimum absolute atomic E-state index is 0.0421. The van der Waals surface area contributed by atoms with E-state index in [1.807, 2.05) is 40.1 Å². The maximum atomic E-state index is 12.8. The number of fused-ring (bicyclic) bond motifs is 1. The lowest BCUT2D eigenvalue weighted by atomic mass is 10.1. The van der Waals surface area contributed by atoms with Crippen molar-refractivity contribution in [1.82, 2.24) is 15.3 Å². The first-order chi connectivity index (χ1) is 12.9. The Hall–Kier alpha value is -2.47. The van der Waals surface area contributed by atoms with Gasteiger partial charge in [-0.1, -0.05) is 12.1 Å². The van der Waals surface area contributed by atoms with E-state index in [1.54, 1.807) is 0 Å². The standard InChI is InChI=1S/C21H24N4OS/c1-12-17-13(2)23-19(15-7-8-15)24-21(17)27-18(12)20(26)22-11-14-5-9-16(10-6-14)25(3)4/h5-6,9-10,15H,7-8,11H2,1-4H3,(H,22,26). The van der Waals surface area contributed by atoms with Gasteiger partial charge in [-0.15, -0.1) is 11.3 Å². The highest BCUT2D eigenvalue weighted by Crippen LogP contribution is 2.40. The largest absolute Gasteiger partial charge is 0.378 e. The molecule has 0 spiro atoms. The number of aromatic nitrogens is 2. The molecule has 1 fully saturated rings. The average molecular weight is 381 g/mol. The van der Waals surface area contributed by atoms with E-state index in [-0.39, 0.29) is 5.91 Å². The van der Waals surface area contributed by atoms with E-state index in [4.69, 9.17) is 4.98 Å². The van der Waals surface area contributed by atoms with Crippen molar-refractivity contribution in [3.8, 4) is 0 Å². The molecule has 0 saturated heterocycles. The van der Waals surface area contributed by atoms with Crippen molar-refractivity contribution < 1.29 is 4.79 Å². The zero-order chi connectivity index (χ0) is 19.1. The van der Waals surface area contributed by atoms with Crippen LogP contribution in [0.5, 0.6) is 0 Å². The summed E-state index contributed by atoms with van der Waals surface area (Å²) in [6.07, 6.45) is 2.35. The third-order valence-corrected chi connectivity index (χ3v) is 6.23. The Morgan fingerprint density at radius 2 is 1.89 bits per heavy atom. The Labute approximate surface area is 163 Å². The van der Waals surface area contributed by atoms with Crippen LogP contribution in [0.4, 0.5) is 5.69 Å². The van der Waals surface area contributed by atoms with Crippen LogP contribution in [0.25, 0.3) is 10.2 Å². The Morgan fingerprint density at radius 1 is 1.19 bits per heavy atom. The number of hydrogen-bond acceptors (Lipinski definition) is 5. The lowest BCUT2D eigenvalue weighted by Crippen LogP contribution is -2.22. The molecule has 0 atom stereocenters. The Bertz CT molecular complexity index is 1000. The van der Waals surface area contributed by atoms with E-state index in [9.17, 15) is 4.79 Å². The van der Waals surface area contributed by atoms with Crippen LogP contribution in [0.15, 0.2) is 24.3 Å². The second-order valence-electron chi connectivity index (χ2n) is 7.42. The summed E-state index contributed by atoms with van der Waals surface area (Å²) in [5.74, 6) is 1.41. The van der Waals surface area contributed by atoms with Crippen molar-refractivity contribution in [3.63, 3.8) is 0 Å². The van der Waals surface area contributed by atoms with Gasteiger partial charge >= 0.3 is 0 Å². The number of carbonyl (C=O) groups excluding carboxylic acids is 1. The van der Waals surface area contributed by atoms with Crippen LogP contribution in [0.1, 0.15) is 51.1 Å². The van der Waals surface area contributed by atoms with Crippen LogP contribution in [-0.4, -0.2) is 30.0 Å². The molecule has 1 aliphatic rings. The third-order valence-electron chi connectivity index (χ3n) is 5.04. The predicted molar refractivity (Wildman–Crippen MR) is 111 cm³/mol. The van der Waals surface area contributed by atoms with Crippen molar-refractivity contribution in [1.29, 1.82) is 0 Å². The number of hydrogen-bond donors (Lipinski definition) is 1. The van der Waals surface area contributed by atoms with E-state index >= 15 is 0 Å². The van der Waals surface area contributed by atoms with Gasteiger partial charge in [0.15, 0.2) is 0 Å². The highest BCUT2D eigenvalue weighted by Gasteiger charge is 2.28. The minimum Gasteiger partial charge on any atom is -0.378 e. The lowest BCUT2D eigenvalue weighted by molar-refractivity contribution is 0.0954. The Morgan fingerprint density at radius 3 is 2.52 bits per heavy atom. The number of benzene rings is 1. The summed E-state index contributed by atoms with van der Waals surface area (Å²) in [7, 11) is 4.03. The molecule has 5 nitrogen and oxygen atoms in total. The van der Waals surface area contributed by atoms with Crippen molar-refractivity contribution in [2.24, 2.45) is 0 Å². The number of aryl methyl sites for hydroxylation is 2. The lowest BCUT2D eigenvalue weighted by Gasteiger charge is -2.12. The fourth-order valence-corrected chi connectivity index (χ4v) is 4.43. The molecular weight excluding hydrogens is 356 g/mol. The zero-order valence-corrected chi connectivity index (χ0v) is 17.0. The number of nitrogens with zero attached hydrogens (tertiary/aromatic N) is 3. The molecule has 0 aliphatic heterocycles. The third kappa shape index (κ3) is 3.54. The van der Waals surface area contributed by atoms with E-state index in [1.165, 1.54) is 24.2 Å². The number of carbonyl (C=O) groups is 1. The second-order valence-corrected chi connectivity index (χ2v) is 8.42. The second kappa shape index (κ2) is 6.93. The summed E-state index contributed by atoms with van der Waals surface area (Å²) in [6.45, 7) is 4.52. The van der Waals surface area contributed by atoms with E-state index in [0.29, 0.717) is 12.5 Å². The predicted octanol–water partition coefficient (Wildman–Crippen LogP) is 4.18. The number of nitrogens with one attached hydrogen (secondary N) is 1. The molecule has 1 saturated carbocycles. The first kappa shape index (κ1) is 17.9. The normalized spacial score (nSPS) is 13.8. The summed E-state index contributed by atoms with van der Waals surface area (Å²) < 4.78 is 0. The Kier molecular flexibility index (Phi) is 4.60. The molecule has 1 aromatic carbocycles. The van der Waals surface area contributed by atoms with E-state index in [2.05, 4.69) is 27.3 Å². The molecule has 1 amide bonds. The van der Waals surface area contributed by atoms with Gasteiger partial charge in [0.25, 0.3) is 5.91 Å². The van der Waals surface area contributed by atoms with Gasteiger partial charge in [-0.2, -0.15) is 0 Å². The summed E-state index contributed by atoms with van der Waals surface area (Å²) in [6, 6.07) is 8.21. The molecule has 3 aromatic rings. The van der Waals surface area contributed by atoms with Gasteiger partial charge in [-0.05, 0) is 49.9 Å². The summed E-state index contributed by atoms with van der Waals surface area (Å²) in [5.41, 5.74) is 4.19. The first-order valence-electron chi connectivity index (χ1n) is 9.26. The molecular formula is C21H24N4OS. The molecule has 140 valence electrons. The maximum absolute atomic E-state index is 12.8. The molecule has 4 rings (SSSR count). The van der Waals surface area contributed by atoms with Crippen molar-refractivity contribution >= 4 is 33.1 Å². The van der Waals surface area contributed by atoms with Gasteiger partial charge in [0.1, 0.15) is 10.7 Å². The zero-order valence-electron chi connectivity index (χ0n) is 16.2. The molecule has 0 bridgehead atoms.